The fourth-order valence-electron chi connectivity index (χ4n) is 2.18. The summed E-state index contributed by atoms with van der Waals surface area (Å²) in [4.78, 5) is 24.4. The molecule has 0 saturated heterocycles. The van der Waals surface area contributed by atoms with E-state index in [1.165, 1.54) is 7.11 Å². The zero-order valence-corrected chi connectivity index (χ0v) is 14.8. The van der Waals surface area contributed by atoms with Gasteiger partial charge in [0, 0.05) is 12.2 Å². The fourth-order valence-corrected chi connectivity index (χ4v) is 2.18. The van der Waals surface area contributed by atoms with Gasteiger partial charge < -0.3 is 14.2 Å². The van der Waals surface area contributed by atoms with Crippen LogP contribution in [-0.2, 0) is 4.74 Å². The highest BCUT2D eigenvalue weighted by Gasteiger charge is 2.13. The number of hydrogen-bond donors (Lipinski definition) is 2. The molecular formula is C19H22N2O5. The molecule has 2 aromatic rings. The van der Waals surface area contributed by atoms with Gasteiger partial charge in [-0.1, -0.05) is 18.2 Å². The van der Waals surface area contributed by atoms with Crippen LogP contribution in [0.15, 0.2) is 48.5 Å². The van der Waals surface area contributed by atoms with E-state index >= 15 is 0 Å². The molecule has 2 amide bonds. The molecule has 0 fully saturated rings. The standard InChI is InChI=1S/C19H22N2O5/c1-3-25-11-12-26-15-8-6-7-14(13-15)18(22)20-21-19(23)16-9-4-5-10-17(16)24-2/h4-10,13H,3,11-12H2,1-2H3,(H,20,22)(H,21,23). The van der Waals surface area contributed by atoms with Crippen molar-refractivity contribution in [2.24, 2.45) is 0 Å². The van der Waals surface area contributed by atoms with Crippen LogP contribution in [-0.4, -0.2) is 38.7 Å². The lowest BCUT2D eigenvalue weighted by atomic mass is 10.2. The predicted octanol–water partition coefficient (Wildman–Crippen LogP) is 2.19. The van der Waals surface area contributed by atoms with Crippen molar-refractivity contribution in [3.8, 4) is 11.5 Å². The first-order chi connectivity index (χ1) is 12.7. The Balaban J connectivity index is 1.92. The molecule has 7 heteroatoms. The normalized spacial score (nSPS) is 10.1. The summed E-state index contributed by atoms with van der Waals surface area (Å²) in [5.74, 6) is 0.0424. The summed E-state index contributed by atoms with van der Waals surface area (Å²) >= 11 is 0. The van der Waals surface area contributed by atoms with Crippen LogP contribution in [0.3, 0.4) is 0 Å². The van der Waals surface area contributed by atoms with E-state index in [4.69, 9.17) is 14.2 Å². The largest absolute Gasteiger partial charge is 0.496 e. The van der Waals surface area contributed by atoms with Crippen molar-refractivity contribution < 1.29 is 23.8 Å². The lowest BCUT2D eigenvalue weighted by Gasteiger charge is -2.11. The van der Waals surface area contributed by atoms with Gasteiger partial charge >= 0.3 is 0 Å². The van der Waals surface area contributed by atoms with Gasteiger partial charge in [-0.2, -0.15) is 0 Å². The van der Waals surface area contributed by atoms with Gasteiger partial charge in [0.2, 0.25) is 0 Å². The maximum Gasteiger partial charge on any atom is 0.273 e. The molecule has 26 heavy (non-hydrogen) atoms. The first-order valence-corrected chi connectivity index (χ1v) is 8.20. The van der Waals surface area contributed by atoms with Crippen LogP contribution in [0.4, 0.5) is 0 Å². The summed E-state index contributed by atoms with van der Waals surface area (Å²) in [5, 5.41) is 0. The van der Waals surface area contributed by atoms with Crippen LogP contribution in [0, 0.1) is 0 Å². The molecule has 0 saturated carbocycles. The van der Waals surface area contributed by atoms with E-state index in [1.807, 2.05) is 6.92 Å². The number of rotatable bonds is 8. The average Bonchev–Trinajstić information content (AvgIpc) is 2.69. The van der Waals surface area contributed by atoms with Crippen LogP contribution in [0.5, 0.6) is 11.5 Å². The van der Waals surface area contributed by atoms with Crippen molar-refractivity contribution in [1.82, 2.24) is 10.9 Å². The highest BCUT2D eigenvalue weighted by molar-refractivity contribution is 6.00. The minimum Gasteiger partial charge on any atom is -0.496 e. The second kappa shape index (κ2) is 10.0. The third-order valence-electron chi connectivity index (χ3n) is 3.44. The summed E-state index contributed by atoms with van der Waals surface area (Å²) in [7, 11) is 1.47. The van der Waals surface area contributed by atoms with Gasteiger partial charge in [-0.05, 0) is 37.3 Å². The monoisotopic (exact) mass is 358 g/mol. The van der Waals surface area contributed by atoms with Gasteiger partial charge in [-0.25, -0.2) is 0 Å². The fraction of sp³-hybridized carbons (Fsp3) is 0.263. The molecule has 0 bridgehead atoms. The lowest BCUT2D eigenvalue weighted by molar-refractivity contribution is 0.0844. The number of hydrogen-bond acceptors (Lipinski definition) is 5. The maximum atomic E-state index is 12.2. The van der Waals surface area contributed by atoms with Crippen LogP contribution >= 0.6 is 0 Å². The number of nitrogens with one attached hydrogen (secondary N) is 2. The first kappa shape index (κ1) is 19.3. The van der Waals surface area contributed by atoms with E-state index in [2.05, 4.69) is 10.9 Å². The summed E-state index contributed by atoms with van der Waals surface area (Å²) in [6, 6.07) is 13.4. The summed E-state index contributed by atoms with van der Waals surface area (Å²) in [5.41, 5.74) is 5.43. The molecule has 0 aliphatic carbocycles. The van der Waals surface area contributed by atoms with E-state index in [0.717, 1.165) is 0 Å². The summed E-state index contributed by atoms with van der Waals surface area (Å²) < 4.78 is 15.8. The second-order valence-electron chi connectivity index (χ2n) is 5.18. The van der Waals surface area contributed by atoms with E-state index in [0.29, 0.717) is 42.4 Å². The highest BCUT2D eigenvalue weighted by atomic mass is 16.5. The second-order valence-corrected chi connectivity index (χ2v) is 5.18. The molecule has 0 unspecified atom stereocenters. The zero-order chi connectivity index (χ0) is 18.8. The van der Waals surface area contributed by atoms with Gasteiger partial charge in [0.15, 0.2) is 0 Å². The minimum atomic E-state index is -0.472. The summed E-state index contributed by atoms with van der Waals surface area (Å²) in [6.45, 7) is 3.40. The van der Waals surface area contributed by atoms with Crippen molar-refractivity contribution in [2.45, 2.75) is 6.92 Å². The molecule has 138 valence electrons. The van der Waals surface area contributed by atoms with Gasteiger partial charge in [0.05, 0.1) is 19.3 Å². The first-order valence-electron chi connectivity index (χ1n) is 8.20. The lowest BCUT2D eigenvalue weighted by Crippen LogP contribution is -2.41. The molecule has 0 atom stereocenters. The van der Waals surface area contributed by atoms with Crippen molar-refractivity contribution in [1.29, 1.82) is 0 Å². The molecule has 2 N–H and O–H groups in total. The Kier molecular flexibility index (Phi) is 7.45. The van der Waals surface area contributed by atoms with Crippen LogP contribution in [0.2, 0.25) is 0 Å². The molecule has 0 heterocycles. The Hall–Kier alpha value is -3.06. The van der Waals surface area contributed by atoms with Gasteiger partial charge in [0.1, 0.15) is 18.1 Å². The van der Waals surface area contributed by atoms with Crippen molar-refractivity contribution >= 4 is 11.8 Å². The smallest absolute Gasteiger partial charge is 0.273 e. The Morgan fingerprint density at radius 3 is 2.50 bits per heavy atom. The third-order valence-corrected chi connectivity index (χ3v) is 3.44. The SMILES string of the molecule is CCOCCOc1cccc(C(=O)NNC(=O)c2ccccc2OC)c1. The number of ether oxygens (including phenoxy) is 3. The molecule has 0 spiro atoms. The molecule has 0 radical (unpaired) electrons. The number of para-hydroxylation sites is 1. The van der Waals surface area contributed by atoms with Crippen LogP contribution in [0.25, 0.3) is 0 Å². The average molecular weight is 358 g/mol. The Morgan fingerprint density at radius 1 is 0.962 bits per heavy atom. The van der Waals surface area contributed by atoms with Gasteiger partial charge in [0.25, 0.3) is 11.8 Å². The Bertz CT molecular complexity index is 748. The number of carbonyl (C=O) groups excluding carboxylic acids is 2. The minimum absolute atomic E-state index is 0.323. The van der Waals surface area contributed by atoms with E-state index in [1.54, 1.807) is 48.5 Å². The number of benzene rings is 2. The molecular weight excluding hydrogens is 336 g/mol. The van der Waals surface area contributed by atoms with Crippen molar-refractivity contribution in [3.63, 3.8) is 0 Å². The van der Waals surface area contributed by atoms with Crippen LogP contribution < -0.4 is 20.3 Å². The topological polar surface area (TPSA) is 85.9 Å². The maximum absolute atomic E-state index is 12.2. The molecule has 2 rings (SSSR count). The number of amides is 2. The number of carbonyl (C=O) groups is 2. The van der Waals surface area contributed by atoms with Crippen LogP contribution in [0.1, 0.15) is 27.6 Å². The molecule has 7 nitrogen and oxygen atoms in total. The van der Waals surface area contributed by atoms with E-state index in [-0.39, 0.29) is 0 Å². The number of methoxy groups -OCH3 is 1. The predicted molar refractivity (Wildman–Crippen MR) is 96.4 cm³/mol. The zero-order valence-electron chi connectivity index (χ0n) is 14.8. The summed E-state index contributed by atoms with van der Waals surface area (Å²) in [6.07, 6.45) is 0. The Labute approximate surface area is 152 Å². The van der Waals surface area contributed by atoms with Crippen molar-refractivity contribution in [2.75, 3.05) is 26.9 Å². The molecule has 0 aliphatic rings. The Morgan fingerprint density at radius 2 is 1.73 bits per heavy atom. The van der Waals surface area contributed by atoms with Gasteiger partial charge in [-0.3, -0.25) is 20.4 Å². The van der Waals surface area contributed by atoms with E-state index < -0.39 is 11.8 Å². The highest BCUT2D eigenvalue weighted by Crippen LogP contribution is 2.17. The molecule has 0 aromatic heterocycles. The molecule has 2 aromatic carbocycles. The molecule has 0 aliphatic heterocycles. The quantitative estimate of drug-likeness (QED) is 0.558. The number of hydrazine groups is 1. The van der Waals surface area contributed by atoms with Crippen molar-refractivity contribution in [3.05, 3.63) is 59.7 Å². The van der Waals surface area contributed by atoms with Gasteiger partial charge in [-0.15, -0.1) is 0 Å². The third kappa shape index (κ3) is 5.49. The van der Waals surface area contributed by atoms with E-state index in [9.17, 15) is 9.59 Å².